The third-order valence-corrected chi connectivity index (χ3v) is 7.87. The van der Waals surface area contributed by atoms with E-state index in [9.17, 15) is 36.3 Å². The molecule has 43 heavy (non-hydrogen) atoms. The fraction of sp³-hybridized carbons (Fsp3) is 0.357. The maximum absolute atomic E-state index is 13.8. The van der Waals surface area contributed by atoms with Crippen molar-refractivity contribution in [3.8, 4) is 11.1 Å². The molecule has 1 aliphatic rings. The van der Waals surface area contributed by atoms with Crippen LogP contribution in [0.4, 0.5) is 29.6 Å². The van der Waals surface area contributed by atoms with Crippen molar-refractivity contribution in [1.29, 1.82) is 0 Å². The quantitative estimate of drug-likeness (QED) is 0.398. The lowest BCUT2D eigenvalue weighted by Gasteiger charge is -2.40. The average Bonchev–Trinajstić information content (AvgIpc) is 2.91. The van der Waals surface area contributed by atoms with E-state index < -0.39 is 45.5 Å². The molecule has 2 N–H and O–H groups in total. The van der Waals surface area contributed by atoms with Gasteiger partial charge in [0.25, 0.3) is 10.0 Å². The number of carbonyl (C=O) groups is 2. The minimum atomic E-state index is -4.74. The van der Waals surface area contributed by atoms with E-state index >= 15 is 0 Å². The Morgan fingerprint density at radius 3 is 2.37 bits per heavy atom. The molecule has 0 bridgehead atoms. The second-order valence-electron chi connectivity index (χ2n) is 10.9. The number of ether oxygens (including phenoxy) is 1. The van der Waals surface area contributed by atoms with Crippen LogP contribution in [0.3, 0.4) is 0 Å². The summed E-state index contributed by atoms with van der Waals surface area (Å²) < 4.78 is 75.6. The molecule has 0 spiro atoms. The first-order valence-corrected chi connectivity index (χ1v) is 14.5. The first-order chi connectivity index (χ1) is 20.0. The largest absolute Gasteiger partial charge is 0.480 e. The second kappa shape index (κ2) is 11.7. The number of sulfonamides is 1. The SMILES string of the molecule is Cc1ccccc1-c1cc(NS(=O)(=O)c2ccnc(N3CCN(C(=O)OC(C)(C)C)C[C@H]3C(=O)O)c2)ncc1C(F)(F)F. The molecule has 11 nitrogen and oxygen atoms in total. The lowest BCUT2D eigenvalue weighted by Crippen LogP contribution is -2.58. The van der Waals surface area contributed by atoms with E-state index in [4.69, 9.17) is 4.74 Å². The number of piperazine rings is 1. The fourth-order valence-corrected chi connectivity index (χ4v) is 5.52. The summed E-state index contributed by atoms with van der Waals surface area (Å²) in [6, 6.07) is 8.44. The molecule has 1 fully saturated rings. The lowest BCUT2D eigenvalue weighted by molar-refractivity contribution is -0.139. The van der Waals surface area contributed by atoms with Crippen LogP contribution in [0.15, 0.2) is 59.8 Å². The number of carboxylic acids is 1. The van der Waals surface area contributed by atoms with Gasteiger partial charge >= 0.3 is 18.2 Å². The Bertz CT molecular complexity index is 1640. The number of aromatic nitrogens is 2. The molecule has 1 amide bonds. The van der Waals surface area contributed by atoms with E-state index in [-0.39, 0.29) is 47.3 Å². The highest BCUT2D eigenvalue weighted by molar-refractivity contribution is 7.92. The Morgan fingerprint density at radius 1 is 1.05 bits per heavy atom. The van der Waals surface area contributed by atoms with E-state index in [1.807, 2.05) is 0 Å². The van der Waals surface area contributed by atoms with Gasteiger partial charge in [0.2, 0.25) is 0 Å². The van der Waals surface area contributed by atoms with E-state index in [1.165, 1.54) is 22.1 Å². The molecule has 1 aromatic carbocycles. The van der Waals surface area contributed by atoms with E-state index in [0.29, 0.717) is 11.8 Å². The number of aryl methyl sites for hydroxylation is 1. The predicted octanol–water partition coefficient (Wildman–Crippen LogP) is 4.78. The number of amides is 1. The number of carboxylic acid groups (broad SMARTS) is 1. The molecule has 1 aliphatic heterocycles. The normalized spacial score (nSPS) is 16.1. The van der Waals surface area contributed by atoms with Crippen LogP contribution in [0.25, 0.3) is 11.1 Å². The monoisotopic (exact) mass is 621 g/mol. The van der Waals surface area contributed by atoms with Gasteiger partial charge in [-0.15, -0.1) is 0 Å². The summed E-state index contributed by atoms with van der Waals surface area (Å²) in [5.74, 6) is -1.60. The van der Waals surface area contributed by atoms with Crippen LogP contribution in [0.1, 0.15) is 31.9 Å². The summed E-state index contributed by atoms with van der Waals surface area (Å²) in [5, 5.41) is 9.88. The summed E-state index contributed by atoms with van der Waals surface area (Å²) in [6.07, 6.45) is -3.68. The fourth-order valence-electron chi connectivity index (χ4n) is 4.52. The molecular formula is C28H30F3N5O6S. The van der Waals surface area contributed by atoms with Gasteiger partial charge in [-0.3, -0.25) is 4.72 Å². The Morgan fingerprint density at radius 2 is 1.74 bits per heavy atom. The van der Waals surface area contributed by atoms with Crippen molar-refractivity contribution in [2.45, 2.75) is 50.4 Å². The van der Waals surface area contributed by atoms with Gasteiger partial charge in [0.15, 0.2) is 0 Å². The molecule has 1 saturated heterocycles. The summed E-state index contributed by atoms with van der Waals surface area (Å²) >= 11 is 0. The van der Waals surface area contributed by atoms with Crippen LogP contribution in [0.5, 0.6) is 0 Å². The molecule has 3 heterocycles. The van der Waals surface area contributed by atoms with Crippen LogP contribution in [0.2, 0.25) is 0 Å². The van der Waals surface area contributed by atoms with Crippen molar-refractivity contribution in [3.05, 3.63) is 66.0 Å². The molecule has 0 saturated carbocycles. The molecule has 3 aromatic rings. The smallest absolute Gasteiger partial charge is 0.418 e. The number of nitrogens with one attached hydrogen (secondary N) is 1. The van der Waals surface area contributed by atoms with E-state index in [2.05, 4.69) is 14.7 Å². The van der Waals surface area contributed by atoms with Gasteiger partial charge in [0, 0.05) is 31.5 Å². The van der Waals surface area contributed by atoms with Gasteiger partial charge in [-0.2, -0.15) is 13.2 Å². The highest BCUT2D eigenvalue weighted by Gasteiger charge is 2.38. The number of aliphatic carboxylic acids is 1. The number of nitrogens with zero attached hydrogens (tertiary/aromatic N) is 4. The van der Waals surface area contributed by atoms with Crippen molar-refractivity contribution in [2.24, 2.45) is 0 Å². The van der Waals surface area contributed by atoms with Gasteiger partial charge in [0.05, 0.1) is 17.0 Å². The molecule has 2 aromatic heterocycles. The zero-order valence-electron chi connectivity index (χ0n) is 23.7. The number of rotatable bonds is 6. The lowest BCUT2D eigenvalue weighted by atomic mass is 9.97. The standard InChI is InChI=1S/C28H30F3N5O6S/c1-17-7-5-6-8-19(17)20-14-23(33-15-21(20)28(29,30)31)34-43(40,41)18-9-10-32-24(13-18)36-12-11-35(16-22(36)25(37)38)26(39)42-27(2,3)4/h5-10,13-15,22H,11-12,16H2,1-4H3,(H,33,34)(H,37,38)/t22-/m0/s1. The minimum Gasteiger partial charge on any atom is -0.480 e. The maximum Gasteiger partial charge on any atom is 0.418 e. The Hall–Kier alpha value is -4.40. The van der Waals surface area contributed by atoms with Crippen molar-refractivity contribution in [1.82, 2.24) is 14.9 Å². The van der Waals surface area contributed by atoms with E-state index in [0.717, 1.165) is 18.2 Å². The Labute approximate surface area is 246 Å². The topological polar surface area (TPSA) is 142 Å². The van der Waals surface area contributed by atoms with Crippen LogP contribution in [0, 0.1) is 6.92 Å². The minimum absolute atomic E-state index is 0.0140. The molecule has 4 rings (SSSR count). The zero-order chi connectivity index (χ0) is 31.7. The van der Waals surface area contributed by atoms with Crippen molar-refractivity contribution in [3.63, 3.8) is 0 Å². The average molecular weight is 622 g/mol. The number of anilines is 2. The predicted molar refractivity (Wildman–Crippen MR) is 151 cm³/mol. The third-order valence-electron chi connectivity index (χ3n) is 6.52. The number of hydrogen-bond acceptors (Lipinski definition) is 8. The highest BCUT2D eigenvalue weighted by atomic mass is 32.2. The maximum atomic E-state index is 13.8. The van der Waals surface area contributed by atoms with Crippen molar-refractivity contribution < 1.29 is 41.0 Å². The van der Waals surface area contributed by atoms with Crippen LogP contribution >= 0.6 is 0 Å². The number of pyridine rings is 2. The molecule has 0 aliphatic carbocycles. The molecule has 15 heteroatoms. The van der Waals surface area contributed by atoms with Crippen LogP contribution < -0.4 is 9.62 Å². The molecule has 1 atom stereocenters. The number of alkyl halides is 3. The summed E-state index contributed by atoms with van der Waals surface area (Å²) in [4.78, 5) is 34.8. The number of benzene rings is 1. The Kier molecular flexibility index (Phi) is 8.58. The number of halogens is 3. The van der Waals surface area contributed by atoms with Crippen molar-refractivity contribution >= 4 is 33.7 Å². The van der Waals surface area contributed by atoms with Gasteiger partial charge in [-0.1, -0.05) is 24.3 Å². The third kappa shape index (κ3) is 7.34. The molecule has 230 valence electrons. The van der Waals surface area contributed by atoms with Gasteiger partial charge < -0.3 is 19.6 Å². The van der Waals surface area contributed by atoms with Gasteiger partial charge in [-0.05, 0) is 56.5 Å². The van der Waals surface area contributed by atoms with Gasteiger partial charge in [-0.25, -0.2) is 28.0 Å². The number of carbonyl (C=O) groups excluding carboxylic acids is 1. The Balaban J connectivity index is 1.62. The highest BCUT2D eigenvalue weighted by Crippen LogP contribution is 2.39. The summed E-state index contributed by atoms with van der Waals surface area (Å²) in [5.41, 5.74) is -1.25. The summed E-state index contributed by atoms with van der Waals surface area (Å²) in [7, 11) is -4.41. The summed E-state index contributed by atoms with van der Waals surface area (Å²) in [6.45, 7) is 6.55. The van der Waals surface area contributed by atoms with Crippen LogP contribution in [-0.4, -0.2) is 71.7 Å². The molecular weight excluding hydrogens is 591 g/mol. The first kappa shape index (κ1) is 31.5. The van der Waals surface area contributed by atoms with Crippen LogP contribution in [-0.2, 0) is 25.7 Å². The molecule has 0 radical (unpaired) electrons. The van der Waals surface area contributed by atoms with Crippen molar-refractivity contribution in [2.75, 3.05) is 29.3 Å². The second-order valence-corrected chi connectivity index (χ2v) is 12.5. The van der Waals surface area contributed by atoms with Gasteiger partial charge in [0.1, 0.15) is 23.3 Å². The number of hydrogen-bond donors (Lipinski definition) is 2. The van der Waals surface area contributed by atoms with E-state index in [1.54, 1.807) is 45.9 Å². The zero-order valence-corrected chi connectivity index (χ0v) is 24.5. The molecule has 0 unspecified atom stereocenters. The first-order valence-electron chi connectivity index (χ1n) is 13.1.